The van der Waals surface area contributed by atoms with Gasteiger partial charge in [0.05, 0.1) is 18.9 Å². The van der Waals surface area contributed by atoms with E-state index in [0.29, 0.717) is 6.54 Å². The van der Waals surface area contributed by atoms with E-state index in [1.807, 2.05) is 0 Å². The van der Waals surface area contributed by atoms with Gasteiger partial charge in [-0.1, -0.05) is 0 Å². The Kier molecular flexibility index (Phi) is 4.19. The molecule has 0 saturated carbocycles. The van der Waals surface area contributed by atoms with Crippen molar-refractivity contribution in [2.24, 2.45) is 0 Å². The van der Waals surface area contributed by atoms with Crippen LogP contribution in [0.1, 0.15) is 17.4 Å². The number of aromatic nitrogens is 2. The summed E-state index contributed by atoms with van der Waals surface area (Å²) in [7, 11) is 0. The standard InChI is InChI=1S/C9H13N5O2/c1-2-11-8(15)5-14-9(16)6-3-13-7(10)4-12-6/h3-4H,2,5H2,1H3,(H2,10,13)(H,11,15)(H,14,16). The molecule has 0 saturated heterocycles. The smallest absolute Gasteiger partial charge is 0.271 e. The van der Waals surface area contributed by atoms with Gasteiger partial charge in [-0.05, 0) is 6.92 Å². The molecule has 1 heterocycles. The van der Waals surface area contributed by atoms with Gasteiger partial charge in [0.1, 0.15) is 11.5 Å². The summed E-state index contributed by atoms with van der Waals surface area (Å²) in [4.78, 5) is 30.0. The van der Waals surface area contributed by atoms with Crippen molar-refractivity contribution in [3.63, 3.8) is 0 Å². The van der Waals surface area contributed by atoms with E-state index in [1.54, 1.807) is 6.92 Å². The molecule has 7 nitrogen and oxygen atoms in total. The number of likely N-dealkylation sites (N-methyl/N-ethyl adjacent to an activating group) is 1. The van der Waals surface area contributed by atoms with Gasteiger partial charge >= 0.3 is 0 Å². The van der Waals surface area contributed by atoms with Gasteiger partial charge in [-0.2, -0.15) is 0 Å². The third-order valence-electron chi connectivity index (χ3n) is 1.69. The Morgan fingerprint density at radius 2 is 2.06 bits per heavy atom. The summed E-state index contributed by atoms with van der Waals surface area (Å²) in [5.41, 5.74) is 5.44. The molecule has 1 aromatic rings. The molecule has 0 atom stereocenters. The summed E-state index contributed by atoms with van der Waals surface area (Å²) in [6.07, 6.45) is 2.53. The van der Waals surface area contributed by atoms with Crippen molar-refractivity contribution in [3.05, 3.63) is 18.1 Å². The van der Waals surface area contributed by atoms with Crippen LogP contribution in [0.3, 0.4) is 0 Å². The average molecular weight is 223 g/mol. The molecular weight excluding hydrogens is 210 g/mol. The Hall–Kier alpha value is -2.18. The van der Waals surface area contributed by atoms with Crippen LogP contribution >= 0.6 is 0 Å². The van der Waals surface area contributed by atoms with Crippen LogP contribution in [-0.2, 0) is 4.79 Å². The van der Waals surface area contributed by atoms with E-state index in [-0.39, 0.29) is 24.0 Å². The first-order chi connectivity index (χ1) is 7.63. The Morgan fingerprint density at radius 3 is 2.62 bits per heavy atom. The predicted octanol–water partition coefficient (Wildman–Crippen LogP) is -1.08. The maximum Gasteiger partial charge on any atom is 0.271 e. The number of carbonyl (C=O) groups is 2. The highest BCUT2D eigenvalue weighted by molar-refractivity contribution is 5.94. The topological polar surface area (TPSA) is 110 Å². The van der Waals surface area contributed by atoms with Crippen molar-refractivity contribution >= 4 is 17.6 Å². The van der Waals surface area contributed by atoms with Crippen LogP contribution in [0.15, 0.2) is 12.4 Å². The number of anilines is 1. The second-order valence-corrected chi connectivity index (χ2v) is 2.96. The number of hydrogen-bond donors (Lipinski definition) is 3. The maximum absolute atomic E-state index is 11.4. The molecule has 2 amide bonds. The van der Waals surface area contributed by atoms with E-state index in [1.165, 1.54) is 12.4 Å². The van der Waals surface area contributed by atoms with Gasteiger partial charge in [-0.15, -0.1) is 0 Å². The molecule has 0 bridgehead atoms. The van der Waals surface area contributed by atoms with E-state index < -0.39 is 5.91 Å². The fourth-order valence-electron chi connectivity index (χ4n) is 0.966. The minimum absolute atomic E-state index is 0.0846. The second-order valence-electron chi connectivity index (χ2n) is 2.96. The van der Waals surface area contributed by atoms with Gasteiger partial charge in [0.2, 0.25) is 5.91 Å². The number of nitrogens with one attached hydrogen (secondary N) is 2. The van der Waals surface area contributed by atoms with Crippen molar-refractivity contribution in [1.82, 2.24) is 20.6 Å². The fraction of sp³-hybridized carbons (Fsp3) is 0.333. The SMILES string of the molecule is CCNC(=O)CNC(=O)c1cnc(N)cn1. The predicted molar refractivity (Wildman–Crippen MR) is 57.5 cm³/mol. The zero-order chi connectivity index (χ0) is 12.0. The summed E-state index contributed by atoms with van der Waals surface area (Å²) in [5.74, 6) is -0.474. The highest BCUT2D eigenvalue weighted by atomic mass is 16.2. The lowest BCUT2D eigenvalue weighted by atomic mass is 10.4. The lowest BCUT2D eigenvalue weighted by Gasteiger charge is -2.04. The molecule has 0 radical (unpaired) electrons. The first kappa shape index (κ1) is 11.9. The number of carbonyl (C=O) groups excluding carboxylic acids is 2. The highest BCUT2D eigenvalue weighted by Crippen LogP contribution is 1.95. The third kappa shape index (κ3) is 3.52. The largest absolute Gasteiger partial charge is 0.382 e. The molecule has 1 aromatic heterocycles. The van der Waals surface area contributed by atoms with Gasteiger partial charge in [-0.3, -0.25) is 9.59 Å². The number of hydrogen-bond acceptors (Lipinski definition) is 5. The van der Waals surface area contributed by atoms with Gasteiger partial charge in [0.25, 0.3) is 5.91 Å². The summed E-state index contributed by atoms with van der Waals surface area (Å²) in [5, 5.41) is 4.96. The lowest BCUT2D eigenvalue weighted by molar-refractivity contribution is -0.120. The summed E-state index contributed by atoms with van der Waals surface area (Å²) < 4.78 is 0. The molecule has 0 aromatic carbocycles. The quantitative estimate of drug-likeness (QED) is 0.601. The first-order valence-corrected chi connectivity index (χ1v) is 4.76. The van der Waals surface area contributed by atoms with Crippen molar-refractivity contribution in [3.8, 4) is 0 Å². The van der Waals surface area contributed by atoms with Gasteiger partial charge < -0.3 is 16.4 Å². The average Bonchev–Trinajstić information content (AvgIpc) is 2.27. The molecule has 0 spiro atoms. The van der Waals surface area contributed by atoms with Crippen molar-refractivity contribution in [2.45, 2.75) is 6.92 Å². The van der Waals surface area contributed by atoms with Gasteiger partial charge in [0, 0.05) is 6.54 Å². The van der Waals surface area contributed by atoms with E-state index in [2.05, 4.69) is 20.6 Å². The third-order valence-corrected chi connectivity index (χ3v) is 1.69. The summed E-state index contributed by atoms with van der Waals surface area (Å²) >= 11 is 0. The molecule has 0 unspecified atom stereocenters. The summed E-state index contributed by atoms with van der Waals surface area (Å²) in [6.45, 7) is 2.24. The Labute approximate surface area is 92.5 Å². The fourth-order valence-corrected chi connectivity index (χ4v) is 0.966. The van der Waals surface area contributed by atoms with Crippen LogP contribution in [0.4, 0.5) is 5.82 Å². The molecule has 4 N–H and O–H groups in total. The van der Waals surface area contributed by atoms with E-state index in [4.69, 9.17) is 5.73 Å². The molecule has 16 heavy (non-hydrogen) atoms. The monoisotopic (exact) mass is 223 g/mol. The Morgan fingerprint density at radius 1 is 1.31 bits per heavy atom. The lowest BCUT2D eigenvalue weighted by Crippen LogP contribution is -2.37. The zero-order valence-electron chi connectivity index (χ0n) is 8.86. The van der Waals surface area contributed by atoms with Crippen molar-refractivity contribution in [1.29, 1.82) is 0 Å². The molecule has 0 fully saturated rings. The number of nitrogens with zero attached hydrogens (tertiary/aromatic N) is 2. The molecular formula is C9H13N5O2. The molecule has 0 aliphatic heterocycles. The molecule has 7 heteroatoms. The molecule has 86 valence electrons. The second kappa shape index (κ2) is 5.64. The normalized spacial score (nSPS) is 9.56. The Balaban J connectivity index is 2.47. The number of amides is 2. The highest BCUT2D eigenvalue weighted by Gasteiger charge is 2.08. The van der Waals surface area contributed by atoms with E-state index >= 15 is 0 Å². The number of nitrogen functional groups attached to an aromatic ring is 1. The van der Waals surface area contributed by atoms with Crippen LogP contribution < -0.4 is 16.4 Å². The number of nitrogens with two attached hydrogens (primary N) is 1. The van der Waals surface area contributed by atoms with Crippen molar-refractivity contribution < 1.29 is 9.59 Å². The van der Waals surface area contributed by atoms with Crippen LogP contribution in [0.5, 0.6) is 0 Å². The molecule has 0 aliphatic carbocycles. The minimum atomic E-state index is -0.459. The van der Waals surface area contributed by atoms with Crippen LogP contribution in [0.2, 0.25) is 0 Å². The van der Waals surface area contributed by atoms with Gasteiger partial charge in [-0.25, -0.2) is 9.97 Å². The minimum Gasteiger partial charge on any atom is -0.382 e. The maximum atomic E-state index is 11.4. The molecule has 1 rings (SSSR count). The van der Waals surface area contributed by atoms with Crippen molar-refractivity contribution in [2.75, 3.05) is 18.8 Å². The van der Waals surface area contributed by atoms with Crippen LogP contribution in [-0.4, -0.2) is 34.9 Å². The summed E-state index contributed by atoms with van der Waals surface area (Å²) in [6, 6.07) is 0. The Bertz CT molecular complexity index is 376. The van der Waals surface area contributed by atoms with Gasteiger partial charge in [0.15, 0.2) is 0 Å². The van der Waals surface area contributed by atoms with Crippen LogP contribution in [0, 0.1) is 0 Å². The van der Waals surface area contributed by atoms with Crippen LogP contribution in [0.25, 0.3) is 0 Å². The van der Waals surface area contributed by atoms with E-state index in [0.717, 1.165) is 0 Å². The number of rotatable bonds is 4. The zero-order valence-corrected chi connectivity index (χ0v) is 8.86. The first-order valence-electron chi connectivity index (χ1n) is 4.76. The van der Waals surface area contributed by atoms with E-state index in [9.17, 15) is 9.59 Å². The molecule has 0 aliphatic rings.